The van der Waals surface area contributed by atoms with E-state index in [9.17, 15) is 31.1 Å². The van der Waals surface area contributed by atoms with E-state index in [1.54, 1.807) is 24.9 Å². The van der Waals surface area contributed by atoms with Gasteiger partial charge in [-0.3, -0.25) is 4.68 Å². The third-order valence-corrected chi connectivity index (χ3v) is 7.38. The number of carbonyl (C=O) groups excluding carboxylic acids is 1. The van der Waals surface area contributed by atoms with E-state index in [-0.39, 0.29) is 12.2 Å². The van der Waals surface area contributed by atoms with Gasteiger partial charge in [-0.25, -0.2) is 14.2 Å². The van der Waals surface area contributed by atoms with Gasteiger partial charge in [0.1, 0.15) is 11.6 Å². The van der Waals surface area contributed by atoms with E-state index >= 15 is 0 Å². The molecule has 8 nitrogen and oxygen atoms in total. The number of urea groups is 1. The van der Waals surface area contributed by atoms with Crippen molar-refractivity contribution in [3.05, 3.63) is 48.0 Å². The Morgan fingerprint density at radius 1 is 1.05 bits per heavy atom. The van der Waals surface area contributed by atoms with Crippen LogP contribution in [0, 0.1) is 18.7 Å². The van der Waals surface area contributed by atoms with Gasteiger partial charge in [0.25, 0.3) is 0 Å². The van der Waals surface area contributed by atoms with Crippen molar-refractivity contribution in [2.45, 2.75) is 25.4 Å². The number of rotatable bonds is 5. The van der Waals surface area contributed by atoms with Crippen molar-refractivity contribution in [2.24, 2.45) is 13.0 Å². The average molecular weight is 583 g/mol. The fraction of sp³-hybridized carbons (Fsp3) is 0.444. The Hall–Kier alpha value is -3.81. The maximum atomic E-state index is 15.0. The number of aromatic nitrogens is 3. The minimum Gasteiger partial charge on any atom is -0.378 e. The highest BCUT2D eigenvalue weighted by atomic mass is 19.4. The molecule has 2 amide bonds. The molecule has 2 saturated heterocycles. The van der Waals surface area contributed by atoms with Crippen LogP contribution in [0.2, 0.25) is 0 Å². The zero-order valence-electron chi connectivity index (χ0n) is 22.3. The van der Waals surface area contributed by atoms with Gasteiger partial charge in [-0.15, -0.1) is 0 Å². The lowest BCUT2D eigenvalue weighted by Crippen LogP contribution is -2.45. The van der Waals surface area contributed by atoms with Gasteiger partial charge >= 0.3 is 18.1 Å². The van der Waals surface area contributed by atoms with Crippen LogP contribution in [0.1, 0.15) is 12.0 Å². The van der Waals surface area contributed by atoms with Crippen molar-refractivity contribution < 1.29 is 35.9 Å². The first kappa shape index (κ1) is 28.7. The summed E-state index contributed by atoms with van der Waals surface area (Å²) < 4.78 is 88.1. The molecule has 220 valence electrons. The number of nitrogens with zero attached hydrogens (tertiary/aromatic N) is 5. The molecule has 3 aromatic rings. The Morgan fingerprint density at radius 3 is 2.44 bits per heavy atom. The summed E-state index contributed by atoms with van der Waals surface area (Å²) in [5, 5.41) is 6.57. The molecule has 1 N–H and O–H groups in total. The number of hydrogen-bond acceptors (Lipinski definition) is 5. The van der Waals surface area contributed by atoms with Crippen LogP contribution in [0.3, 0.4) is 0 Å². The van der Waals surface area contributed by atoms with Gasteiger partial charge in [0.15, 0.2) is 0 Å². The predicted molar refractivity (Wildman–Crippen MR) is 139 cm³/mol. The van der Waals surface area contributed by atoms with E-state index in [0.717, 1.165) is 10.5 Å². The molecule has 4 heterocycles. The predicted octanol–water partition coefficient (Wildman–Crippen LogP) is 5.48. The third-order valence-electron chi connectivity index (χ3n) is 7.38. The SMILES string of the molecule is Cc1cc(F)c(NC(=O)N2CCC(C(F)(F)C(F)(F)F)C2)cc1-c1cc(-c2cnn(C)c2)nc(N2CCOCC2)c1. The summed E-state index contributed by atoms with van der Waals surface area (Å²) >= 11 is 0. The van der Waals surface area contributed by atoms with Crippen molar-refractivity contribution in [1.82, 2.24) is 19.7 Å². The molecule has 0 radical (unpaired) electrons. The van der Waals surface area contributed by atoms with E-state index < -0.39 is 42.8 Å². The number of carbonyl (C=O) groups is 1. The molecule has 0 aliphatic carbocycles. The number of pyridine rings is 1. The van der Waals surface area contributed by atoms with Crippen LogP contribution in [0.15, 0.2) is 36.7 Å². The van der Waals surface area contributed by atoms with Gasteiger partial charge < -0.3 is 19.9 Å². The van der Waals surface area contributed by atoms with Gasteiger partial charge in [-0.1, -0.05) is 0 Å². The number of benzene rings is 1. The van der Waals surface area contributed by atoms with Crippen molar-refractivity contribution in [3.8, 4) is 22.4 Å². The molecule has 2 aliphatic heterocycles. The average Bonchev–Trinajstić information content (AvgIpc) is 3.60. The second kappa shape index (κ2) is 10.9. The number of ether oxygens (including phenoxy) is 1. The smallest absolute Gasteiger partial charge is 0.378 e. The summed E-state index contributed by atoms with van der Waals surface area (Å²) in [7, 11) is 1.78. The van der Waals surface area contributed by atoms with Crippen molar-refractivity contribution in [1.29, 1.82) is 0 Å². The van der Waals surface area contributed by atoms with Gasteiger partial charge in [0.2, 0.25) is 0 Å². The molecular weight excluding hydrogens is 554 g/mol. The van der Waals surface area contributed by atoms with Crippen molar-refractivity contribution in [3.63, 3.8) is 0 Å². The van der Waals surface area contributed by atoms with E-state index in [1.165, 1.54) is 12.1 Å². The van der Waals surface area contributed by atoms with E-state index in [0.29, 0.717) is 54.5 Å². The van der Waals surface area contributed by atoms with Crippen LogP contribution >= 0.6 is 0 Å². The maximum absolute atomic E-state index is 15.0. The van der Waals surface area contributed by atoms with Crippen molar-refractivity contribution >= 4 is 17.5 Å². The summed E-state index contributed by atoms with van der Waals surface area (Å²) in [6.45, 7) is 2.89. The topological polar surface area (TPSA) is 75.5 Å². The Labute approximate surface area is 231 Å². The van der Waals surface area contributed by atoms with E-state index in [4.69, 9.17) is 9.72 Å². The van der Waals surface area contributed by atoms with E-state index in [2.05, 4.69) is 15.3 Å². The molecule has 2 aromatic heterocycles. The summed E-state index contributed by atoms with van der Waals surface area (Å²) in [6, 6.07) is 5.36. The molecule has 1 atom stereocenters. The number of amides is 2. The standard InChI is InChI=1S/C27H28F6N6O2/c1-16-9-21(28)23(36-25(40)39-4-3-19(15-39)26(29,30)27(31,32)33)12-20(16)17-10-22(18-13-34-37(2)14-18)35-24(11-17)38-5-7-41-8-6-38/h9-14,19H,3-8,15H2,1-2H3,(H,36,40). The first-order valence-electron chi connectivity index (χ1n) is 13.0. The molecule has 1 unspecified atom stereocenters. The van der Waals surface area contributed by atoms with Crippen LogP contribution in [0.25, 0.3) is 22.4 Å². The lowest BCUT2D eigenvalue weighted by Gasteiger charge is -2.28. The zero-order valence-corrected chi connectivity index (χ0v) is 22.3. The Kier molecular flexibility index (Phi) is 7.62. The molecule has 1 aromatic carbocycles. The highest BCUT2D eigenvalue weighted by Crippen LogP contribution is 2.44. The molecule has 0 saturated carbocycles. The van der Waals surface area contributed by atoms with Crippen LogP contribution in [0.4, 0.5) is 42.6 Å². The molecule has 2 aliphatic rings. The first-order chi connectivity index (χ1) is 19.3. The molecule has 41 heavy (non-hydrogen) atoms. The number of hydrogen-bond donors (Lipinski definition) is 1. The van der Waals surface area contributed by atoms with Gasteiger partial charge in [-0.2, -0.15) is 27.1 Å². The van der Waals surface area contributed by atoms with Crippen LogP contribution in [-0.4, -0.2) is 77.2 Å². The molecule has 14 heteroatoms. The molecular formula is C27H28F6N6O2. The molecule has 2 fully saturated rings. The Balaban J connectivity index is 1.44. The number of morpholine rings is 1. The normalized spacial score (nSPS) is 18.2. The summed E-state index contributed by atoms with van der Waals surface area (Å²) in [5.41, 5.74) is 2.97. The van der Waals surface area contributed by atoms with Crippen LogP contribution in [-0.2, 0) is 11.8 Å². The summed E-state index contributed by atoms with van der Waals surface area (Å²) in [5.74, 6) is -7.11. The Morgan fingerprint density at radius 2 is 1.78 bits per heavy atom. The quantitative estimate of drug-likeness (QED) is 0.403. The molecule has 5 rings (SSSR count). The second-order valence-corrected chi connectivity index (χ2v) is 10.2. The second-order valence-electron chi connectivity index (χ2n) is 10.2. The first-order valence-corrected chi connectivity index (χ1v) is 13.0. The van der Waals surface area contributed by atoms with Gasteiger partial charge in [0, 0.05) is 45.0 Å². The molecule has 0 spiro atoms. The lowest BCUT2D eigenvalue weighted by atomic mass is 9.98. The molecule has 0 bridgehead atoms. The largest absolute Gasteiger partial charge is 0.453 e. The fourth-order valence-corrected chi connectivity index (χ4v) is 5.07. The van der Waals surface area contributed by atoms with E-state index in [1.807, 2.05) is 18.3 Å². The minimum absolute atomic E-state index is 0.228. The van der Waals surface area contributed by atoms with Crippen molar-refractivity contribution in [2.75, 3.05) is 49.6 Å². The monoisotopic (exact) mass is 582 g/mol. The number of likely N-dealkylation sites (tertiary alicyclic amines) is 1. The van der Waals surface area contributed by atoms with Gasteiger partial charge in [-0.05, 0) is 54.3 Å². The number of anilines is 2. The number of aryl methyl sites for hydroxylation is 2. The van der Waals surface area contributed by atoms with Crippen LogP contribution in [0.5, 0.6) is 0 Å². The summed E-state index contributed by atoms with van der Waals surface area (Å²) in [4.78, 5) is 20.5. The van der Waals surface area contributed by atoms with Gasteiger partial charge in [0.05, 0.1) is 36.7 Å². The van der Waals surface area contributed by atoms with Crippen LogP contribution < -0.4 is 10.2 Å². The maximum Gasteiger partial charge on any atom is 0.453 e. The Bertz CT molecular complexity index is 1440. The lowest BCUT2D eigenvalue weighted by molar-refractivity contribution is -0.300. The number of halogens is 6. The summed E-state index contributed by atoms with van der Waals surface area (Å²) in [6.07, 6.45) is -2.77. The fourth-order valence-electron chi connectivity index (χ4n) is 5.07. The highest BCUT2D eigenvalue weighted by Gasteiger charge is 2.63. The number of alkyl halides is 5. The zero-order chi connectivity index (χ0) is 29.5. The third kappa shape index (κ3) is 5.83. The highest BCUT2D eigenvalue weighted by molar-refractivity contribution is 5.91. The number of nitrogens with one attached hydrogen (secondary N) is 1. The minimum atomic E-state index is -5.72.